The zero-order valence-electron chi connectivity index (χ0n) is 43.6. The summed E-state index contributed by atoms with van der Waals surface area (Å²) in [5, 5.41) is 31.4. The molecule has 0 heterocycles. The maximum absolute atomic E-state index is 14.5. The van der Waals surface area contributed by atoms with Gasteiger partial charge in [-0.2, -0.15) is 0 Å². The molecule has 0 aromatic heterocycles. The lowest BCUT2D eigenvalue weighted by Gasteiger charge is -2.29. The summed E-state index contributed by atoms with van der Waals surface area (Å²) < 4.78 is 10.6. The predicted octanol–water partition coefficient (Wildman–Crippen LogP) is 0.571. The number of hydrogen-bond donors (Lipinski definition) is 10. The molecule has 9 atom stereocenters. The van der Waals surface area contributed by atoms with Gasteiger partial charge in [-0.15, -0.1) is 0 Å². The Kier molecular flexibility index (Phi) is 27.2. The van der Waals surface area contributed by atoms with E-state index < -0.39 is 120 Å². The SMILES string of the molecule is C=C(C(=O)N[C@@H](C)C(=O)O)N(C)C(=O)[C@@H](CCC(=O)O)NC(=O)[C@@H](C)[C@@H](C=CC(C)=C[C@H](C)[C@H](Cc1ccccc1)OC)NC(=O)[C@H](CCCN=C(N)N)NC(=O)[C@@H](CC(=O)OC)NC(=O)[C@@H](N)Cc1ccccc1. The molecule has 0 aliphatic heterocycles. The van der Waals surface area contributed by atoms with Crippen LogP contribution in [0.4, 0.5) is 0 Å². The van der Waals surface area contributed by atoms with Crippen molar-refractivity contribution in [3.8, 4) is 0 Å². The monoisotopic (exact) mass is 1050 g/mol. The van der Waals surface area contributed by atoms with Crippen LogP contribution in [0, 0.1) is 11.8 Å². The van der Waals surface area contributed by atoms with Crippen LogP contribution < -0.4 is 43.8 Å². The Morgan fingerprint density at radius 3 is 1.87 bits per heavy atom. The number of nitrogens with two attached hydrogens (primary N) is 3. The zero-order chi connectivity index (χ0) is 56.4. The van der Waals surface area contributed by atoms with E-state index in [9.17, 15) is 53.4 Å². The summed E-state index contributed by atoms with van der Waals surface area (Å²) in [7, 11) is 3.83. The number of likely N-dealkylation sites (N-methyl/N-ethyl adjacent to an activating group) is 1. The van der Waals surface area contributed by atoms with Gasteiger partial charge < -0.3 is 68.4 Å². The van der Waals surface area contributed by atoms with Gasteiger partial charge in [0.1, 0.15) is 29.9 Å². The average Bonchev–Trinajstić information content (AvgIpc) is 3.37. The minimum absolute atomic E-state index is 0.0164. The van der Waals surface area contributed by atoms with Crippen molar-refractivity contribution in [3.05, 3.63) is 108 Å². The van der Waals surface area contributed by atoms with Crippen molar-refractivity contribution in [2.75, 3.05) is 27.8 Å². The fraction of sp³-hybridized carbons (Fsp3) is 0.462. The highest BCUT2D eigenvalue weighted by Crippen LogP contribution is 2.19. The van der Waals surface area contributed by atoms with Crippen LogP contribution in [0.2, 0.25) is 0 Å². The van der Waals surface area contributed by atoms with Gasteiger partial charge in [0.15, 0.2) is 5.96 Å². The predicted molar refractivity (Wildman–Crippen MR) is 279 cm³/mol. The van der Waals surface area contributed by atoms with Crippen molar-refractivity contribution in [1.82, 2.24) is 31.5 Å². The number of ether oxygens (including phenoxy) is 2. The molecule has 75 heavy (non-hydrogen) atoms. The number of amides is 6. The Morgan fingerprint density at radius 2 is 1.32 bits per heavy atom. The normalized spacial score (nSPS) is 14.9. The Bertz CT molecular complexity index is 2380. The molecule has 0 unspecified atom stereocenters. The fourth-order valence-electron chi connectivity index (χ4n) is 7.36. The Labute approximate surface area is 437 Å². The first kappa shape index (κ1) is 63.2. The lowest BCUT2D eigenvalue weighted by molar-refractivity contribution is -0.144. The molecule has 2 aromatic rings. The van der Waals surface area contributed by atoms with Crippen molar-refractivity contribution in [2.45, 2.75) is 115 Å². The summed E-state index contributed by atoms with van der Waals surface area (Å²) in [6, 6.07) is 10.2. The lowest BCUT2D eigenvalue weighted by Crippen LogP contribution is -2.58. The summed E-state index contributed by atoms with van der Waals surface area (Å²) in [4.78, 5) is 123. The molecule has 410 valence electrons. The third-order valence-electron chi connectivity index (χ3n) is 11.9. The van der Waals surface area contributed by atoms with Crippen molar-refractivity contribution in [1.29, 1.82) is 0 Å². The average molecular weight is 1050 g/mol. The van der Waals surface area contributed by atoms with Crippen LogP contribution in [0.25, 0.3) is 0 Å². The number of esters is 1. The van der Waals surface area contributed by atoms with Gasteiger partial charge in [-0.1, -0.05) is 105 Å². The number of hydrogen-bond acceptors (Lipinski definition) is 13. The molecule has 0 aliphatic carbocycles. The summed E-state index contributed by atoms with van der Waals surface area (Å²) in [6.45, 7) is 9.95. The van der Waals surface area contributed by atoms with E-state index in [1.54, 1.807) is 50.4 Å². The molecule has 0 radical (unpaired) electrons. The van der Waals surface area contributed by atoms with Gasteiger partial charge in [0.25, 0.3) is 5.91 Å². The van der Waals surface area contributed by atoms with Gasteiger partial charge in [-0.3, -0.25) is 48.1 Å². The number of aliphatic imine (C=N–C) groups is 1. The van der Waals surface area contributed by atoms with E-state index in [0.717, 1.165) is 30.2 Å². The van der Waals surface area contributed by atoms with Crippen LogP contribution in [0.5, 0.6) is 0 Å². The number of guanidine groups is 1. The lowest BCUT2D eigenvalue weighted by atomic mass is 9.94. The molecule has 13 N–H and O–H groups in total. The van der Waals surface area contributed by atoms with Gasteiger partial charge in [0, 0.05) is 33.0 Å². The molecule has 0 aliphatic rings. The summed E-state index contributed by atoms with van der Waals surface area (Å²) >= 11 is 0. The third-order valence-corrected chi connectivity index (χ3v) is 11.9. The number of carboxylic acid groups (broad SMARTS) is 2. The molecule has 0 fully saturated rings. The van der Waals surface area contributed by atoms with Gasteiger partial charge >= 0.3 is 17.9 Å². The molecule has 0 bridgehead atoms. The van der Waals surface area contributed by atoms with E-state index in [1.807, 2.05) is 43.3 Å². The minimum atomic E-state index is -1.58. The number of nitrogens with zero attached hydrogens (tertiary/aromatic N) is 2. The van der Waals surface area contributed by atoms with Gasteiger partial charge in [0.2, 0.25) is 29.5 Å². The van der Waals surface area contributed by atoms with Crippen LogP contribution in [0.1, 0.15) is 70.9 Å². The van der Waals surface area contributed by atoms with Crippen molar-refractivity contribution in [2.24, 2.45) is 34.0 Å². The largest absolute Gasteiger partial charge is 0.481 e. The van der Waals surface area contributed by atoms with E-state index in [4.69, 9.17) is 26.7 Å². The van der Waals surface area contributed by atoms with E-state index in [1.165, 1.54) is 19.9 Å². The number of benzene rings is 2. The minimum Gasteiger partial charge on any atom is -0.481 e. The number of nitrogens with one attached hydrogen (secondary N) is 5. The second-order valence-corrected chi connectivity index (χ2v) is 17.9. The maximum atomic E-state index is 14.5. The number of carbonyl (C=O) groups is 9. The maximum Gasteiger partial charge on any atom is 0.325 e. The number of aliphatic carboxylic acids is 2. The van der Waals surface area contributed by atoms with E-state index >= 15 is 0 Å². The van der Waals surface area contributed by atoms with E-state index in [0.29, 0.717) is 12.0 Å². The molecule has 0 saturated heterocycles. The van der Waals surface area contributed by atoms with Gasteiger partial charge in [-0.05, 0) is 57.1 Å². The van der Waals surface area contributed by atoms with Crippen LogP contribution in [0.3, 0.4) is 0 Å². The highest BCUT2D eigenvalue weighted by molar-refractivity contribution is 6.00. The molecule has 2 rings (SSSR count). The number of allylic oxidation sites excluding steroid dienone is 2. The fourth-order valence-corrected chi connectivity index (χ4v) is 7.36. The first-order chi connectivity index (χ1) is 35.4. The van der Waals surface area contributed by atoms with Gasteiger partial charge in [0.05, 0.1) is 37.6 Å². The molecule has 2 aromatic carbocycles. The second-order valence-electron chi connectivity index (χ2n) is 17.9. The number of carboxylic acids is 2. The molecule has 0 spiro atoms. The van der Waals surface area contributed by atoms with E-state index in [-0.39, 0.29) is 43.8 Å². The number of rotatable bonds is 32. The third kappa shape index (κ3) is 22.8. The van der Waals surface area contributed by atoms with Crippen LogP contribution in [0.15, 0.2) is 102 Å². The highest BCUT2D eigenvalue weighted by atomic mass is 16.5. The van der Waals surface area contributed by atoms with E-state index in [2.05, 4.69) is 38.2 Å². The topological polar surface area (TPSA) is 366 Å². The van der Waals surface area contributed by atoms with Crippen molar-refractivity contribution >= 4 is 59.3 Å². The van der Waals surface area contributed by atoms with Crippen molar-refractivity contribution in [3.63, 3.8) is 0 Å². The number of carbonyl (C=O) groups excluding carboxylic acids is 7. The molecular formula is C52H74N10O13. The van der Waals surface area contributed by atoms with Gasteiger partial charge in [-0.25, -0.2) is 0 Å². The quantitative estimate of drug-likeness (QED) is 0.0120. The summed E-state index contributed by atoms with van der Waals surface area (Å²) in [5.74, 6) is -10.6. The summed E-state index contributed by atoms with van der Waals surface area (Å²) in [6.07, 6.45) is 3.83. The first-order valence-corrected chi connectivity index (χ1v) is 24.2. The standard InChI is InChI=1S/C52H74N10O13/c1-30(26-31(2)42(74-7)28-36-18-13-10-14-19-36)21-22-38(32(3)45(66)60-40(23-24-43(63)64)50(71)62(6)34(5)46(67)57-33(4)51(72)73)58-48(69)39(20-15-25-56-52(54)55)59-49(70)41(29-44(65)75-8)61-47(68)37(53)27-35-16-11-9-12-17-35/h9-14,16-19,21-22,26,31-33,37-42H,5,15,20,23-25,27-29,53H2,1-4,6-8H3,(H,57,67)(H,58,69)(H,59,70)(H,60,66)(H,61,68)(H,63,64)(H,72,73)(H4,54,55,56)/t31-,32-,33-,37-,38+,39-,40+,41+,42-/m0/s1. The number of methoxy groups -OCH3 is 2. The molecular weight excluding hydrogens is 973 g/mol. The smallest absolute Gasteiger partial charge is 0.325 e. The Morgan fingerprint density at radius 1 is 0.760 bits per heavy atom. The molecule has 0 saturated carbocycles. The first-order valence-electron chi connectivity index (χ1n) is 24.2. The second kappa shape index (κ2) is 32.3. The molecule has 23 heteroatoms. The summed E-state index contributed by atoms with van der Waals surface area (Å²) in [5.41, 5.74) is 19.2. The molecule has 23 nitrogen and oxygen atoms in total. The van der Waals surface area contributed by atoms with Crippen LogP contribution >= 0.6 is 0 Å². The van der Waals surface area contributed by atoms with Crippen molar-refractivity contribution < 1.29 is 62.8 Å². The Hall–Kier alpha value is -7.92. The Balaban J connectivity index is 2.62. The highest BCUT2D eigenvalue weighted by Gasteiger charge is 2.35. The zero-order valence-corrected chi connectivity index (χ0v) is 43.6. The van der Waals surface area contributed by atoms with Crippen LogP contribution in [-0.4, -0.2) is 145 Å². The molecule has 6 amide bonds. The van der Waals surface area contributed by atoms with Crippen LogP contribution in [-0.2, 0) is 65.5 Å².